The van der Waals surface area contributed by atoms with Gasteiger partial charge in [0.2, 0.25) is 0 Å². The van der Waals surface area contributed by atoms with E-state index in [-0.39, 0.29) is 5.56 Å². The first-order valence-electron chi connectivity index (χ1n) is 5.89. The molecule has 0 radical (unpaired) electrons. The molecule has 1 saturated carbocycles. The van der Waals surface area contributed by atoms with E-state index in [1.807, 2.05) is 24.5 Å². The van der Waals surface area contributed by atoms with Gasteiger partial charge in [0.05, 0.1) is 11.9 Å². The van der Waals surface area contributed by atoms with Crippen molar-refractivity contribution < 1.29 is 0 Å². The molecule has 0 bridgehead atoms. The molecule has 0 aromatic carbocycles. The van der Waals surface area contributed by atoms with Gasteiger partial charge in [-0.15, -0.1) is 0 Å². The van der Waals surface area contributed by atoms with Crippen LogP contribution in [0, 0.1) is 5.92 Å². The minimum Gasteiger partial charge on any atom is -0.292 e. The van der Waals surface area contributed by atoms with Crippen molar-refractivity contribution in [1.29, 1.82) is 0 Å². The molecule has 0 atom stereocenters. The maximum Gasteiger partial charge on any atom is 0.283 e. The molecule has 94 valence electrons. The van der Waals surface area contributed by atoms with Gasteiger partial charge in [-0.25, -0.2) is 4.68 Å². The van der Waals surface area contributed by atoms with Crippen molar-refractivity contribution in [3.8, 4) is 0 Å². The van der Waals surface area contributed by atoms with Crippen LogP contribution in [0.5, 0.6) is 0 Å². The van der Waals surface area contributed by atoms with Crippen LogP contribution in [0.4, 0.5) is 5.69 Å². The molecule has 1 aliphatic rings. The fourth-order valence-electron chi connectivity index (χ4n) is 1.77. The smallest absolute Gasteiger partial charge is 0.283 e. The normalized spacial score (nSPS) is 14.7. The van der Waals surface area contributed by atoms with E-state index in [0.29, 0.717) is 16.1 Å². The Bertz CT molecular complexity index is 601. The minimum atomic E-state index is -0.0842. The highest BCUT2D eigenvalue weighted by Gasteiger charge is 2.23. The lowest BCUT2D eigenvalue weighted by Gasteiger charge is -2.10. The van der Waals surface area contributed by atoms with E-state index in [2.05, 4.69) is 26.5 Å². The molecule has 0 spiro atoms. The Morgan fingerprint density at radius 1 is 1.39 bits per heavy atom. The first-order valence-corrected chi connectivity index (χ1v) is 6.69. The van der Waals surface area contributed by atoms with Crippen LogP contribution in [-0.4, -0.2) is 14.5 Å². The van der Waals surface area contributed by atoms with Gasteiger partial charge in [-0.3, -0.25) is 14.9 Å². The number of nitrogens with one attached hydrogen (secondary N) is 1. The van der Waals surface area contributed by atoms with Crippen LogP contribution in [0.3, 0.4) is 0 Å². The molecule has 3 rings (SSSR count). The summed E-state index contributed by atoms with van der Waals surface area (Å²) in [5.41, 5.74) is 3.67. The molecule has 2 aromatic rings. The summed E-state index contributed by atoms with van der Waals surface area (Å²) in [6.07, 6.45) is 7.81. The maximum absolute atomic E-state index is 12.1. The molecule has 1 N–H and O–H groups in total. The topological polar surface area (TPSA) is 51.9 Å². The van der Waals surface area contributed by atoms with E-state index in [1.54, 1.807) is 10.9 Å². The summed E-state index contributed by atoms with van der Waals surface area (Å²) < 4.78 is 3.82. The molecule has 0 saturated heterocycles. The van der Waals surface area contributed by atoms with E-state index < -0.39 is 0 Å². The zero-order chi connectivity index (χ0) is 12.5. The second-order valence-corrected chi connectivity index (χ2v) is 5.30. The van der Waals surface area contributed by atoms with Crippen molar-refractivity contribution >= 4 is 21.6 Å². The predicted octanol–water partition coefficient (Wildman–Crippen LogP) is 2.09. The summed E-state index contributed by atoms with van der Waals surface area (Å²) in [5, 5.41) is 4.20. The summed E-state index contributed by atoms with van der Waals surface area (Å²) >= 11 is 3.34. The molecule has 0 aliphatic heterocycles. The van der Waals surface area contributed by atoms with Crippen molar-refractivity contribution in [3.05, 3.63) is 45.5 Å². The summed E-state index contributed by atoms with van der Waals surface area (Å²) in [5.74, 6) is 0.630. The lowest BCUT2D eigenvalue weighted by Crippen LogP contribution is -2.25. The molecule has 2 heterocycles. The molecule has 0 unspecified atom stereocenters. The Kier molecular flexibility index (Phi) is 2.95. The summed E-state index contributed by atoms with van der Waals surface area (Å²) in [7, 11) is 0. The molecular formula is C12H13BrN4O. The Morgan fingerprint density at radius 2 is 2.11 bits per heavy atom. The van der Waals surface area contributed by atoms with Gasteiger partial charge >= 0.3 is 0 Å². The van der Waals surface area contributed by atoms with Crippen LogP contribution < -0.4 is 11.0 Å². The highest BCUT2D eigenvalue weighted by Crippen LogP contribution is 2.30. The molecule has 5 nitrogen and oxygen atoms in total. The number of hydrogen-bond acceptors (Lipinski definition) is 3. The van der Waals surface area contributed by atoms with Crippen LogP contribution in [0.15, 0.2) is 40.0 Å². The molecule has 18 heavy (non-hydrogen) atoms. The standard InChI is InChI=1S/C12H13BrN4O/c13-11-10(15-16-5-1-2-6-16)7-14-17(12(11)18)8-9-3-4-9/h1-2,5-7,9,15H,3-4,8H2. The molecule has 0 amide bonds. The first-order chi connectivity index (χ1) is 8.74. The Morgan fingerprint density at radius 3 is 2.78 bits per heavy atom. The lowest BCUT2D eigenvalue weighted by atomic mass is 10.4. The highest BCUT2D eigenvalue weighted by molar-refractivity contribution is 9.10. The van der Waals surface area contributed by atoms with E-state index in [4.69, 9.17) is 0 Å². The van der Waals surface area contributed by atoms with Crippen molar-refractivity contribution in [2.24, 2.45) is 5.92 Å². The van der Waals surface area contributed by atoms with Crippen molar-refractivity contribution in [2.75, 3.05) is 5.43 Å². The molecule has 2 aromatic heterocycles. The van der Waals surface area contributed by atoms with E-state index in [9.17, 15) is 4.79 Å². The minimum absolute atomic E-state index is 0.0842. The Balaban J connectivity index is 1.87. The second-order valence-electron chi connectivity index (χ2n) is 4.50. The van der Waals surface area contributed by atoms with Crippen LogP contribution in [0.1, 0.15) is 12.8 Å². The molecule has 1 fully saturated rings. The van der Waals surface area contributed by atoms with Crippen LogP contribution >= 0.6 is 15.9 Å². The number of halogens is 1. The third kappa shape index (κ3) is 2.33. The monoisotopic (exact) mass is 308 g/mol. The zero-order valence-corrected chi connectivity index (χ0v) is 11.3. The number of anilines is 1. The van der Waals surface area contributed by atoms with Gasteiger partial charge in [0.15, 0.2) is 0 Å². The van der Waals surface area contributed by atoms with Crippen LogP contribution in [0.25, 0.3) is 0 Å². The average Bonchev–Trinajstić information content (AvgIpc) is 3.03. The van der Waals surface area contributed by atoms with E-state index in [0.717, 1.165) is 6.54 Å². The van der Waals surface area contributed by atoms with Crippen LogP contribution in [-0.2, 0) is 6.54 Å². The first kappa shape index (κ1) is 11.5. The summed E-state index contributed by atoms with van der Waals surface area (Å²) in [6, 6.07) is 3.81. The van der Waals surface area contributed by atoms with Crippen LogP contribution in [0.2, 0.25) is 0 Å². The number of nitrogens with zero attached hydrogens (tertiary/aromatic N) is 3. The van der Waals surface area contributed by atoms with Gasteiger partial charge in [-0.05, 0) is 46.8 Å². The Hall–Kier alpha value is -1.56. The number of hydrogen-bond donors (Lipinski definition) is 1. The SMILES string of the molecule is O=c1c(Br)c(Nn2cccc2)cnn1CC1CC1. The van der Waals surface area contributed by atoms with Gasteiger partial charge in [-0.1, -0.05) is 0 Å². The third-order valence-electron chi connectivity index (χ3n) is 2.97. The third-order valence-corrected chi connectivity index (χ3v) is 3.73. The summed E-state index contributed by atoms with van der Waals surface area (Å²) in [6.45, 7) is 0.723. The predicted molar refractivity (Wildman–Crippen MR) is 72.4 cm³/mol. The second kappa shape index (κ2) is 4.61. The fourth-order valence-corrected chi connectivity index (χ4v) is 2.16. The van der Waals surface area contributed by atoms with Gasteiger partial charge in [-0.2, -0.15) is 5.10 Å². The average molecular weight is 309 g/mol. The Labute approximate surface area is 113 Å². The molecular weight excluding hydrogens is 296 g/mol. The van der Waals surface area contributed by atoms with Gasteiger partial charge in [0.1, 0.15) is 4.47 Å². The molecule has 1 aliphatic carbocycles. The highest BCUT2D eigenvalue weighted by atomic mass is 79.9. The van der Waals surface area contributed by atoms with Crippen molar-refractivity contribution in [2.45, 2.75) is 19.4 Å². The van der Waals surface area contributed by atoms with Crippen molar-refractivity contribution in [1.82, 2.24) is 14.5 Å². The maximum atomic E-state index is 12.1. The largest absolute Gasteiger partial charge is 0.292 e. The summed E-state index contributed by atoms with van der Waals surface area (Å²) in [4.78, 5) is 12.1. The van der Waals surface area contributed by atoms with E-state index >= 15 is 0 Å². The molecule has 6 heteroatoms. The number of rotatable bonds is 4. The van der Waals surface area contributed by atoms with Gasteiger partial charge in [0, 0.05) is 18.9 Å². The quantitative estimate of drug-likeness (QED) is 0.941. The lowest BCUT2D eigenvalue weighted by molar-refractivity contribution is 0.531. The zero-order valence-electron chi connectivity index (χ0n) is 9.71. The number of aromatic nitrogens is 3. The fraction of sp³-hybridized carbons (Fsp3) is 0.333. The van der Waals surface area contributed by atoms with E-state index in [1.165, 1.54) is 17.5 Å². The van der Waals surface area contributed by atoms with Gasteiger partial charge < -0.3 is 0 Å². The van der Waals surface area contributed by atoms with Gasteiger partial charge in [0.25, 0.3) is 5.56 Å². The van der Waals surface area contributed by atoms with Crippen molar-refractivity contribution in [3.63, 3.8) is 0 Å².